The number of fused-ring (bicyclic) bond motifs is 3. The molecule has 2 unspecified atom stereocenters. The first-order chi connectivity index (χ1) is 17.8. The standard InChI is InChI=1S/C32H34O5/c1-17(2)22-8-7-9-26-31(22)37-32(36-26)21-13-25(19(5)6)30-28(15-21)35-29(16-34-30)20-12-24(18(3)4)23-10-11-33-27(23)14-20/h7-15,17-19,29,32H,16H2,1-6H3. The molecule has 0 bridgehead atoms. The summed E-state index contributed by atoms with van der Waals surface area (Å²) in [6, 6.07) is 16.6. The molecule has 0 amide bonds. The lowest BCUT2D eigenvalue weighted by atomic mass is 9.94. The van der Waals surface area contributed by atoms with Crippen LogP contribution in [0.3, 0.4) is 0 Å². The number of hydrogen-bond donors (Lipinski definition) is 0. The molecule has 5 nitrogen and oxygen atoms in total. The first-order valence-corrected chi connectivity index (χ1v) is 13.2. The molecule has 2 aliphatic heterocycles. The molecule has 0 saturated carbocycles. The van der Waals surface area contributed by atoms with Crippen molar-refractivity contribution in [3.05, 3.63) is 82.6 Å². The van der Waals surface area contributed by atoms with Crippen LogP contribution in [-0.4, -0.2) is 6.61 Å². The highest BCUT2D eigenvalue weighted by Crippen LogP contribution is 2.49. The minimum atomic E-state index is -0.534. The summed E-state index contributed by atoms with van der Waals surface area (Å²) >= 11 is 0. The largest absolute Gasteiger partial charge is 0.485 e. The van der Waals surface area contributed by atoms with Crippen molar-refractivity contribution in [3.8, 4) is 23.0 Å². The molecule has 3 aromatic carbocycles. The van der Waals surface area contributed by atoms with Gasteiger partial charge in [0.05, 0.1) is 6.26 Å². The molecule has 2 atom stereocenters. The van der Waals surface area contributed by atoms with Gasteiger partial charge in [-0.15, -0.1) is 0 Å². The summed E-state index contributed by atoms with van der Waals surface area (Å²) in [7, 11) is 0. The number of benzene rings is 3. The molecule has 0 radical (unpaired) electrons. The molecular weight excluding hydrogens is 464 g/mol. The number of rotatable bonds is 5. The van der Waals surface area contributed by atoms with Crippen molar-refractivity contribution in [3.63, 3.8) is 0 Å². The zero-order valence-electron chi connectivity index (χ0n) is 22.3. The SMILES string of the molecule is CC(C)c1cc(C2Oc3cccc(C(C)C)c3O2)cc2c1OCC(c1cc(C(C)C)c3ccoc3c1)O2. The van der Waals surface area contributed by atoms with Crippen LogP contribution >= 0.6 is 0 Å². The van der Waals surface area contributed by atoms with E-state index in [-0.39, 0.29) is 12.0 Å². The molecule has 0 saturated heterocycles. The zero-order valence-corrected chi connectivity index (χ0v) is 22.3. The Morgan fingerprint density at radius 3 is 2.19 bits per heavy atom. The normalized spacial score (nSPS) is 18.4. The van der Waals surface area contributed by atoms with E-state index in [0.29, 0.717) is 18.4 Å². The molecule has 2 aliphatic rings. The van der Waals surface area contributed by atoms with Crippen molar-refractivity contribution in [2.24, 2.45) is 0 Å². The average Bonchev–Trinajstić information content (AvgIpc) is 3.53. The van der Waals surface area contributed by atoms with Crippen LogP contribution in [0.5, 0.6) is 23.0 Å². The minimum absolute atomic E-state index is 0.245. The van der Waals surface area contributed by atoms with E-state index in [2.05, 4.69) is 65.8 Å². The first kappa shape index (κ1) is 23.8. The highest BCUT2D eigenvalue weighted by molar-refractivity contribution is 5.82. The molecule has 1 aromatic heterocycles. The number of furan rings is 1. The van der Waals surface area contributed by atoms with Crippen LogP contribution in [-0.2, 0) is 0 Å². The summed E-state index contributed by atoms with van der Waals surface area (Å²) in [5.41, 5.74) is 6.33. The predicted molar refractivity (Wildman–Crippen MR) is 144 cm³/mol. The molecule has 4 aromatic rings. The Bertz CT molecular complexity index is 1460. The molecular formula is C32H34O5. The second kappa shape index (κ2) is 9.05. The summed E-state index contributed by atoms with van der Waals surface area (Å²) in [5.74, 6) is 4.08. The number of hydrogen-bond acceptors (Lipinski definition) is 5. The number of ether oxygens (including phenoxy) is 4. The van der Waals surface area contributed by atoms with E-state index in [4.69, 9.17) is 23.4 Å². The summed E-state index contributed by atoms with van der Waals surface area (Å²) in [5, 5.41) is 1.15. The Hall–Kier alpha value is -3.60. The highest BCUT2D eigenvalue weighted by Gasteiger charge is 2.33. The minimum Gasteiger partial charge on any atom is -0.485 e. The van der Waals surface area contributed by atoms with Gasteiger partial charge in [-0.2, -0.15) is 0 Å². The molecule has 3 heterocycles. The maximum Gasteiger partial charge on any atom is 0.268 e. The molecule has 0 fully saturated rings. The Morgan fingerprint density at radius 2 is 1.43 bits per heavy atom. The van der Waals surface area contributed by atoms with E-state index in [9.17, 15) is 0 Å². The molecule has 0 N–H and O–H groups in total. The third-order valence-electron chi connectivity index (χ3n) is 7.36. The fourth-order valence-corrected chi connectivity index (χ4v) is 5.34. The summed E-state index contributed by atoms with van der Waals surface area (Å²) in [4.78, 5) is 0. The third kappa shape index (κ3) is 4.11. The van der Waals surface area contributed by atoms with Gasteiger partial charge >= 0.3 is 0 Å². The van der Waals surface area contributed by atoms with E-state index >= 15 is 0 Å². The third-order valence-corrected chi connectivity index (χ3v) is 7.36. The fourth-order valence-electron chi connectivity index (χ4n) is 5.34. The van der Waals surface area contributed by atoms with Gasteiger partial charge in [0.2, 0.25) is 0 Å². The lowest BCUT2D eigenvalue weighted by Gasteiger charge is -2.30. The molecule has 5 heteroatoms. The monoisotopic (exact) mass is 498 g/mol. The Balaban J connectivity index is 1.36. The van der Waals surface area contributed by atoms with E-state index in [1.165, 1.54) is 5.56 Å². The Morgan fingerprint density at radius 1 is 0.676 bits per heavy atom. The Labute approximate surface area is 218 Å². The highest BCUT2D eigenvalue weighted by atomic mass is 16.7. The average molecular weight is 499 g/mol. The van der Waals surface area contributed by atoms with Crippen molar-refractivity contribution < 1.29 is 23.4 Å². The number of para-hydroxylation sites is 1. The van der Waals surface area contributed by atoms with Gasteiger partial charge in [0, 0.05) is 22.1 Å². The summed E-state index contributed by atoms with van der Waals surface area (Å²) in [6.45, 7) is 13.5. The van der Waals surface area contributed by atoms with Gasteiger partial charge in [-0.05, 0) is 59.2 Å². The second-order valence-corrected chi connectivity index (χ2v) is 11.0. The van der Waals surface area contributed by atoms with Crippen molar-refractivity contribution in [2.75, 3.05) is 6.61 Å². The predicted octanol–water partition coefficient (Wildman–Crippen LogP) is 8.79. The molecule has 37 heavy (non-hydrogen) atoms. The van der Waals surface area contributed by atoms with Crippen LogP contribution in [0.4, 0.5) is 0 Å². The van der Waals surface area contributed by atoms with Gasteiger partial charge in [-0.1, -0.05) is 59.7 Å². The van der Waals surface area contributed by atoms with Crippen molar-refractivity contribution in [1.82, 2.24) is 0 Å². The molecule has 0 aliphatic carbocycles. The molecule has 6 rings (SSSR count). The van der Waals surface area contributed by atoms with Crippen LogP contribution < -0.4 is 18.9 Å². The maximum absolute atomic E-state index is 6.63. The topological polar surface area (TPSA) is 50.1 Å². The van der Waals surface area contributed by atoms with Crippen molar-refractivity contribution in [1.29, 1.82) is 0 Å². The van der Waals surface area contributed by atoms with Crippen LogP contribution in [0, 0.1) is 0 Å². The quantitative estimate of drug-likeness (QED) is 0.275. The summed E-state index contributed by atoms with van der Waals surface area (Å²) in [6.07, 6.45) is 0.970. The van der Waals surface area contributed by atoms with Gasteiger partial charge in [0.15, 0.2) is 29.1 Å². The smallest absolute Gasteiger partial charge is 0.268 e. The Kier molecular flexibility index (Phi) is 5.82. The van der Waals surface area contributed by atoms with E-state index < -0.39 is 6.29 Å². The lowest BCUT2D eigenvalue weighted by molar-refractivity contribution is 0.0462. The zero-order chi connectivity index (χ0) is 25.8. The van der Waals surface area contributed by atoms with Gasteiger partial charge in [-0.25, -0.2) is 0 Å². The van der Waals surface area contributed by atoms with Crippen LogP contribution in [0.15, 0.2) is 59.2 Å². The first-order valence-electron chi connectivity index (χ1n) is 13.2. The van der Waals surface area contributed by atoms with E-state index in [1.54, 1.807) is 6.26 Å². The van der Waals surface area contributed by atoms with Gasteiger partial charge in [0.25, 0.3) is 6.29 Å². The van der Waals surface area contributed by atoms with E-state index in [1.807, 2.05) is 24.3 Å². The van der Waals surface area contributed by atoms with E-state index in [0.717, 1.165) is 56.2 Å². The second-order valence-electron chi connectivity index (χ2n) is 11.0. The van der Waals surface area contributed by atoms with Crippen molar-refractivity contribution >= 4 is 11.0 Å². The fraction of sp³-hybridized carbons (Fsp3) is 0.375. The molecule has 0 spiro atoms. The van der Waals surface area contributed by atoms with Gasteiger partial charge in [0.1, 0.15) is 12.2 Å². The summed E-state index contributed by atoms with van der Waals surface area (Å²) < 4.78 is 31.4. The van der Waals surface area contributed by atoms with Gasteiger partial charge < -0.3 is 23.4 Å². The van der Waals surface area contributed by atoms with Crippen molar-refractivity contribution in [2.45, 2.75) is 71.7 Å². The van der Waals surface area contributed by atoms with Crippen LogP contribution in [0.2, 0.25) is 0 Å². The molecule has 192 valence electrons. The maximum atomic E-state index is 6.63. The van der Waals surface area contributed by atoms with Crippen LogP contribution in [0.1, 0.15) is 99.5 Å². The van der Waals surface area contributed by atoms with Gasteiger partial charge in [-0.3, -0.25) is 0 Å². The van der Waals surface area contributed by atoms with Crippen LogP contribution in [0.25, 0.3) is 11.0 Å². The lowest BCUT2D eigenvalue weighted by Crippen LogP contribution is -2.23.